The molecule has 0 bridgehead atoms. The molecular formula is C14H16N4O. The molecule has 3 heterocycles. The molecule has 1 saturated heterocycles. The highest BCUT2D eigenvalue weighted by atomic mass is 16.5. The van der Waals surface area contributed by atoms with Crippen LogP contribution in [-0.2, 0) is 0 Å². The van der Waals surface area contributed by atoms with Gasteiger partial charge in [0.25, 0.3) is 0 Å². The van der Waals surface area contributed by atoms with Gasteiger partial charge in [0.15, 0.2) is 5.69 Å². The van der Waals surface area contributed by atoms with Gasteiger partial charge in [-0.15, -0.1) is 0 Å². The maximum atomic E-state index is 9.20. The van der Waals surface area contributed by atoms with Gasteiger partial charge in [0.2, 0.25) is 0 Å². The summed E-state index contributed by atoms with van der Waals surface area (Å²) in [5.74, 6) is 2.09. The van der Waals surface area contributed by atoms with Crippen LogP contribution in [0.1, 0.15) is 30.3 Å². The van der Waals surface area contributed by atoms with E-state index >= 15 is 0 Å². The number of ether oxygens (including phenoxy) is 1. The van der Waals surface area contributed by atoms with Gasteiger partial charge < -0.3 is 10.1 Å². The minimum absolute atomic E-state index is 0.357. The number of rotatable bonds is 2. The monoisotopic (exact) mass is 256 g/mol. The molecule has 1 N–H and O–H groups in total. The number of hydrogen-bond acceptors (Lipinski definition) is 4. The zero-order valence-corrected chi connectivity index (χ0v) is 10.9. The number of aromatic nitrogens is 2. The van der Waals surface area contributed by atoms with E-state index in [0.717, 1.165) is 43.0 Å². The minimum Gasteiger partial charge on any atom is -0.495 e. The number of fused-ring (bicyclic) bond motifs is 1. The lowest BCUT2D eigenvalue weighted by molar-refractivity contribution is 0.410. The lowest BCUT2D eigenvalue weighted by Gasteiger charge is -2.21. The quantitative estimate of drug-likeness (QED) is 0.888. The van der Waals surface area contributed by atoms with Crippen molar-refractivity contribution in [3.8, 4) is 11.8 Å². The number of nitrogens with one attached hydrogen (secondary N) is 1. The summed E-state index contributed by atoms with van der Waals surface area (Å²) in [6.07, 6.45) is 4.16. The molecule has 1 aliphatic rings. The van der Waals surface area contributed by atoms with E-state index in [0.29, 0.717) is 11.6 Å². The molecule has 3 rings (SSSR count). The normalized spacial score (nSPS) is 19.3. The van der Waals surface area contributed by atoms with Crippen molar-refractivity contribution in [1.29, 1.82) is 5.26 Å². The van der Waals surface area contributed by atoms with E-state index in [9.17, 15) is 5.26 Å². The lowest BCUT2D eigenvalue weighted by atomic mass is 9.99. The number of nitriles is 1. The van der Waals surface area contributed by atoms with Crippen molar-refractivity contribution in [2.75, 3.05) is 20.2 Å². The highest BCUT2D eigenvalue weighted by Crippen LogP contribution is 2.26. The third kappa shape index (κ3) is 2.04. The van der Waals surface area contributed by atoms with Crippen molar-refractivity contribution in [2.24, 2.45) is 0 Å². The average molecular weight is 256 g/mol. The SMILES string of the molecule is COc1ccc2c(C#N)nc(C3CCCNC3)n2c1. The van der Waals surface area contributed by atoms with Crippen LogP contribution < -0.4 is 10.1 Å². The Morgan fingerprint density at radius 1 is 1.53 bits per heavy atom. The van der Waals surface area contributed by atoms with Gasteiger partial charge in [-0.1, -0.05) is 0 Å². The molecule has 0 aromatic carbocycles. The fraction of sp³-hybridized carbons (Fsp3) is 0.429. The summed E-state index contributed by atoms with van der Waals surface area (Å²) in [5.41, 5.74) is 1.34. The number of imidazole rings is 1. The van der Waals surface area contributed by atoms with Gasteiger partial charge in [-0.25, -0.2) is 4.98 Å². The molecule has 2 aromatic heterocycles. The van der Waals surface area contributed by atoms with Gasteiger partial charge >= 0.3 is 0 Å². The first-order valence-electron chi connectivity index (χ1n) is 6.50. The van der Waals surface area contributed by atoms with E-state index < -0.39 is 0 Å². The molecule has 0 radical (unpaired) electrons. The van der Waals surface area contributed by atoms with Gasteiger partial charge in [0.05, 0.1) is 18.8 Å². The van der Waals surface area contributed by atoms with Crippen molar-refractivity contribution in [2.45, 2.75) is 18.8 Å². The molecule has 0 aliphatic carbocycles. The molecular weight excluding hydrogens is 240 g/mol. The van der Waals surface area contributed by atoms with Crippen LogP contribution in [0, 0.1) is 11.3 Å². The Bertz CT molecular complexity index is 635. The molecule has 0 spiro atoms. The Morgan fingerprint density at radius 2 is 2.42 bits per heavy atom. The van der Waals surface area contributed by atoms with E-state index in [2.05, 4.69) is 16.4 Å². The van der Waals surface area contributed by atoms with Crippen molar-refractivity contribution < 1.29 is 4.74 Å². The van der Waals surface area contributed by atoms with Crippen LogP contribution in [0.25, 0.3) is 5.52 Å². The van der Waals surface area contributed by atoms with E-state index in [4.69, 9.17) is 4.74 Å². The molecule has 5 nitrogen and oxygen atoms in total. The third-order valence-electron chi connectivity index (χ3n) is 3.64. The Kier molecular flexibility index (Phi) is 3.10. The predicted molar refractivity (Wildman–Crippen MR) is 71.3 cm³/mol. The molecule has 19 heavy (non-hydrogen) atoms. The van der Waals surface area contributed by atoms with E-state index in [-0.39, 0.29) is 0 Å². The molecule has 1 fully saturated rings. The Hall–Kier alpha value is -2.06. The first-order chi connectivity index (χ1) is 9.33. The van der Waals surface area contributed by atoms with Crippen molar-refractivity contribution in [3.05, 3.63) is 29.8 Å². The zero-order valence-electron chi connectivity index (χ0n) is 10.9. The number of nitrogens with zero attached hydrogens (tertiary/aromatic N) is 3. The smallest absolute Gasteiger partial charge is 0.166 e. The highest BCUT2D eigenvalue weighted by Gasteiger charge is 2.22. The summed E-state index contributed by atoms with van der Waals surface area (Å²) in [7, 11) is 1.64. The topological polar surface area (TPSA) is 62.3 Å². The zero-order chi connectivity index (χ0) is 13.2. The summed E-state index contributed by atoms with van der Waals surface area (Å²) in [5, 5.41) is 12.6. The molecule has 0 amide bonds. The number of piperidine rings is 1. The molecule has 5 heteroatoms. The first kappa shape index (κ1) is 12.0. The highest BCUT2D eigenvalue weighted by molar-refractivity contribution is 5.60. The van der Waals surface area contributed by atoms with Crippen LogP contribution in [0.3, 0.4) is 0 Å². The van der Waals surface area contributed by atoms with Crippen LogP contribution in [0.2, 0.25) is 0 Å². The molecule has 98 valence electrons. The second kappa shape index (κ2) is 4.90. The Balaban J connectivity index is 2.14. The fourth-order valence-corrected chi connectivity index (χ4v) is 2.65. The van der Waals surface area contributed by atoms with Crippen LogP contribution in [0.4, 0.5) is 0 Å². The van der Waals surface area contributed by atoms with E-state index in [1.807, 2.05) is 22.7 Å². The molecule has 1 aliphatic heterocycles. The standard InChI is InChI=1S/C14H16N4O/c1-19-11-4-5-13-12(7-15)17-14(18(13)9-11)10-3-2-6-16-8-10/h4-5,9-10,16H,2-3,6,8H2,1H3. The molecule has 1 unspecified atom stereocenters. The van der Waals surface area contributed by atoms with Crippen molar-refractivity contribution in [1.82, 2.24) is 14.7 Å². The van der Waals surface area contributed by atoms with Crippen LogP contribution in [0.5, 0.6) is 5.75 Å². The molecule has 1 atom stereocenters. The third-order valence-corrected chi connectivity index (χ3v) is 3.64. The van der Waals surface area contributed by atoms with Crippen molar-refractivity contribution >= 4 is 5.52 Å². The van der Waals surface area contributed by atoms with Gasteiger partial charge in [-0.05, 0) is 31.5 Å². The maximum absolute atomic E-state index is 9.20. The van der Waals surface area contributed by atoms with Gasteiger partial charge in [0, 0.05) is 12.5 Å². The Labute approximate surface area is 111 Å². The Morgan fingerprint density at radius 3 is 3.11 bits per heavy atom. The summed E-state index contributed by atoms with van der Waals surface area (Å²) in [6.45, 7) is 1.98. The van der Waals surface area contributed by atoms with Gasteiger partial charge in [-0.3, -0.25) is 4.40 Å². The first-order valence-corrected chi connectivity index (χ1v) is 6.50. The van der Waals surface area contributed by atoms with Crippen LogP contribution >= 0.6 is 0 Å². The summed E-state index contributed by atoms with van der Waals surface area (Å²) in [6, 6.07) is 5.93. The van der Waals surface area contributed by atoms with E-state index in [1.54, 1.807) is 7.11 Å². The fourth-order valence-electron chi connectivity index (χ4n) is 2.65. The maximum Gasteiger partial charge on any atom is 0.166 e. The van der Waals surface area contributed by atoms with Crippen molar-refractivity contribution in [3.63, 3.8) is 0 Å². The lowest BCUT2D eigenvalue weighted by Crippen LogP contribution is -2.29. The largest absolute Gasteiger partial charge is 0.495 e. The minimum atomic E-state index is 0.357. The van der Waals surface area contributed by atoms with E-state index in [1.165, 1.54) is 0 Å². The second-order valence-corrected chi connectivity index (χ2v) is 4.80. The summed E-state index contributed by atoms with van der Waals surface area (Å²) >= 11 is 0. The van der Waals surface area contributed by atoms with Gasteiger partial charge in [-0.2, -0.15) is 5.26 Å². The summed E-state index contributed by atoms with van der Waals surface area (Å²) < 4.78 is 7.26. The molecule has 0 saturated carbocycles. The second-order valence-electron chi connectivity index (χ2n) is 4.80. The molecule has 2 aromatic rings. The number of methoxy groups -OCH3 is 1. The van der Waals surface area contributed by atoms with Crippen LogP contribution in [-0.4, -0.2) is 29.6 Å². The number of hydrogen-bond donors (Lipinski definition) is 1. The van der Waals surface area contributed by atoms with Gasteiger partial charge in [0.1, 0.15) is 17.6 Å². The summed E-state index contributed by atoms with van der Waals surface area (Å²) in [4.78, 5) is 4.51. The van der Waals surface area contributed by atoms with Crippen LogP contribution in [0.15, 0.2) is 18.3 Å². The number of pyridine rings is 1. The predicted octanol–water partition coefficient (Wildman–Crippen LogP) is 1.68. The average Bonchev–Trinajstić information content (AvgIpc) is 2.86.